The molecule has 0 bridgehead atoms. The Kier molecular flexibility index (Phi) is 11.1. The average Bonchev–Trinajstić information content (AvgIpc) is 3.32. The van der Waals surface area contributed by atoms with Gasteiger partial charge in [0.15, 0.2) is 12.4 Å². The van der Waals surface area contributed by atoms with Crippen LogP contribution in [-0.2, 0) is 35.1 Å². The molecule has 14 heteroatoms. The number of allylic oxidation sites excluding steroid dienone is 4. The van der Waals surface area contributed by atoms with Gasteiger partial charge in [0.25, 0.3) is 0 Å². The van der Waals surface area contributed by atoms with Gasteiger partial charge >= 0.3 is 12.1 Å². The molecule has 3 fully saturated rings. The minimum Gasteiger partial charge on any atom is -0.465 e. The van der Waals surface area contributed by atoms with Crippen molar-refractivity contribution >= 4 is 23.7 Å². The van der Waals surface area contributed by atoms with Gasteiger partial charge in [0.05, 0.1) is 24.7 Å². The average molecular weight is 687 g/mol. The van der Waals surface area contributed by atoms with Gasteiger partial charge in [0, 0.05) is 16.7 Å². The van der Waals surface area contributed by atoms with E-state index in [1.54, 1.807) is 24.3 Å². The molecule has 0 aromatic heterocycles. The number of aliphatic hydroxyl groups excluding tert-OH is 1. The number of ketones is 2. The number of carbonyl (C=O) groups excluding carboxylic acids is 4. The zero-order valence-corrected chi connectivity index (χ0v) is 27.8. The molecular weight excluding hydrogens is 640 g/mol. The third-order valence-electron chi connectivity index (χ3n) is 11.3. The van der Waals surface area contributed by atoms with Crippen LogP contribution >= 0.6 is 0 Å². The van der Waals surface area contributed by atoms with Crippen molar-refractivity contribution < 1.29 is 58.9 Å². The van der Waals surface area contributed by atoms with Crippen molar-refractivity contribution in [3.05, 3.63) is 53.6 Å². The molecule has 1 aromatic carbocycles. The molecule has 49 heavy (non-hydrogen) atoms. The fourth-order valence-corrected chi connectivity index (χ4v) is 8.82. The highest BCUT2D eigenvalue weighted by molar-refractivity contribution is 6.01. The summed E-state index contributed by atoms with van der Waals surface area (Å²) in [5.74, 6) is -1.29. The molecule has 268 valence electrons. The molecule has 1 aromatic rings. The highest BCUT2D eigenvalue weighted by atomic mass is 17.1. The number of hydrogen-bond acceptors (Lipinski definition) is 14. The highest BCUT2D eigenvalue weighted by Crippen LogP contribution is 2.67. The second-order valence-corrected chi connectivity index (χ2v) is 14.1. The maximum absolute atomic E-state index is 13.5. The first kappa shape index (κ1) is 36.8. The smallest absolute Gasteiger partial charge is 0.465 e. The number of benzene rings is 1. The molecular formula is C35H46N2O12. The number of hydrogen-bond donors (Lipinski definition) is 5. The number of carbonyl (C=O) groups is 4. The SMILES string of the molecule is C[C@]12C=CC(=O)C=C1CC[C@@H]1C2[C@@H](O)C[C@@]2(C)[C@H]1CC[C@]2(O)C(=O)COC(=O)Oc1ccc(C[C@H](N)C(=O)OCCCCON(O)O)cc1. The molecule has 6 N–H and O–H groups in total. The number of rotatable bonds is 13. The van der Waals surface area contributed by atoms with Crippen LogP contribution in [0.1, 0.15) is 64.4 Å². The molecule has 0 saturated heterocycles. The summed E-state index contributed by atoms with van der Waals surface area (Å²) in [4.78, 5) is 54.7. The van der Waals surface area contributed by atoms with Crippen molar-refractivity contribution in [2.24, 2.45) is 34.3 Å². The van der Waals surface area contributed by atoms with Gasteiger partial charge < -0.3 is 30.2 Å². The van der Waals surface area contributed by atoms with Crippen LogP contribution in [0.25, 0.3) is 0 Å². The van der Waals surface area contributed by atoms with Crippen LogP contribution in [-0.4, -0.2) is 87.3 Å². The van der Waals surface area contributed by atoms with Crippen molar-refractivity contribution in [2.45, 2.75) is 83.0 Å². The first-order chi connectivity index (χ1) is 23.2. The largest absolute Gasteiger partial charge is 0.514 e. The van der Waals surface area contributed by atoms with Crippen LogP contribution in [0.5, 0.6) is 5.75 Å². The Labute approximate surface area is 284 Å². The number of nitrogens with zero attached hydrogens (tertiary/aromatic N) is 1. The van der Waals surface area contributed by atoms with Crippen LogP contribution in [0.3, 0.4) is 0 Å². The summed E-state index contributed by atoms with van der Waals surface area (Å²) in [6, 6.07) is 5.27. The van der Waals surface area contributed by atoms with Crippen molar-refractivity contribution in [1.29, 1.82) is 0 Å². The number of Topliss-reactive ketones (excluding diaryl/α,β-unsaturated/α-hetero) is 1. The maximum Gasteiger partial charge on any atom is 0.514 e. The van der Waals surface area contributed by atoms with Gasteiger partial charge in [-0.1, -0.05) is 37.6 Å². The molecule has 0 radical (unpaired) electrons. The van der Waals surface area contributed by atoms with Gasteiger partial charge in [0.1, 0.15) is 17.4 Å². The van der Waals surface area contributed by atoms with Crippen LogP contribution in [0.4, 0.5) is 4.79 Å². The number of aliphatic hydroxyl groups is 2. The van der Waals surface area contributed by atoms with Crippen molar-refractivity contribution in [1.82, 2.24) is 5.39 Å². The van der Waals surface area contributed by atoms with E-state index < -0.39 is 53.1 Å². The predicted octanol–water partition coefficient (Wildman–Crippen LogP) is 2.99. The Balaban J connectivity index is 1.10. The molecule has 5 rings (SSSR count). The second kappa shape index (κ2) is 14.8. The monoisotopic (exact) mass is 686 g/mol. The summed E-state index contributed by atoms with van der Waals surface area (Å²) >= 11 is 0. The van der Waals surface area contributed by atoms with E-state index in [1.165, 1.54) is 12.1 Å². The zero-order valence-electron chi connectivity index (χ0n) is 27.8. The molecule has 3 saturated carbocycles. The van der Waals surface area contributed by atoms with E-state index in [1.807, 2.05) is 13.0 Å². The summed E-state index contributed by atoms with van der Waals surface area (Å²) in [7, 11) is 0. The summed E-state index contributed by atoms with van der Waals surface area (Å²) < 4.78 is 15.5. The standard InChI is InChI=1S/C35H46N2O12/c1-33-13-11-23(38)18-22(33)7-10-25-26-12-14-35(43,34(26,2)19-28(39)30(25)33)29(40)20-47-32(42)49-24-8-5-21(6-9-24)17-27(36)31(41)46-15-3-4-16-48-37(44)45/h5-6,8-9,11,13,18,25-28,30,39,43-45H,3-4,7,10,12,14-17,19-20,36H2,1-2H3/t25-,26-,27-,28-,30?,33-,34-,35-/m0/s1. The number of unbranched alkanes of at least 4 members (excludes halogenated alkanes) is 1. The molecule has 14 nitrogen and oxygen atoms in total. The molecule has 1 unspecified atom stereocenters. The number of ether oxygens (including phenoxy) is 3. The van der Waals surface area contributed by atoms with Crippen LogP contribution in [0.15, 0.2) is 48.1 Å². The topological polar surface area (TPSA) is 215 Å². The van der Waals surface area contributed by atoms with Gasteiger partial charge in [-0.2, -0.15) is 0 Å². The quantitative estimate of drug-likeness (QED) is 0.0873. The lowest BCUT2D eigenvalue weighted by atomic mass is 9.46. The lowest BCUT2D eigenvalue weighted by Gasteiger charge is -2.59. The molecule has 0 heterocycles. The van der Waals surface area contributed by atoms with E-state index >= 15 is 0 Å². The van der Waals surface area contributed by atoms with Gasteiger partial charge in [-0.3, -0.25) is 29.6 Å². The van der Waals surface area contributed by atoms with E-state index in [2.05, 4.69) is 11.8 Å². The van der Waals surface area contributed by atoms with Crippen molar-refractivity contribution in [3.8, 4) is 5.75 Å². The van der Waals surface area contributed by atoms with E-state index in [9.17, 15) is 29.4 Å². The third kappa shape index (κ3) is 7.50. The number of nitrogens with two attached hydrogens (primary N) is 1. The van der Waals surface area contributed by atoms with E-state index in [-0.39, 0.29) is 67.2 Å². The van der Waals surface area contributed by atoms with Crippen molar-refractivity contribution in [2.75, 3.05) is 19.8 Å². The first-order valence-electron chi connectivity index (χ1n) is 16.7. The summed E-state index contributed by atoms with van der Waals surface area (Å²) in [5, 5.41) is 39.9. The zero-order chi connectivity index (χ0) is 35.6. The Bertz CT molecular complexity index is 1480. The van der Waals surface area contributed by atoms with Gasteiger partial charge in [-0.15, -0.1) is 0 Å². The van der Waals surface area contributed by atoms with E-state index in [4.69, 9.17) is 30.4 Å². The Morgan fingerprint density at radius 3 is 2.49 bits per heavy atom. The normalized spacial score (nSPS) is 32.4. The Morgan fingerprint density at radius 2 is 1.78 bits per heavy atom. The number of fused-ring (bicyclic) bond motifs is 5. The summed E-state index contributed by atoms with van der Waals surface area (Å²) in [6.45, 7) is 3.34. The molecule has 4 aliphatic carbocycles. The Hall–Kier alpha value is -3.50. The Morgan fingerprint density at radius 1 is 1.06 bits per heavy atom. The fraction of sp³-hybridized carbons (Fsp3) is 0.600. The lowest BCUT2D eigenvalue weighted by molar-refractivity contribution is -0.492. The van der Waals surface area contributed by atoms with Gasteiger partial charge in [0.2, 0.25) is 5.78 Å². The molecule has 4 aliphatic rings. The minimum atomic E-state index is -1.79. The first-order valence-corrected chi connectivity index (χ1v) is 16.7. The van der Waals surface area contributed by atoms with Gasteiger partial charge in [-0.05, 0) is 93.1 Å². The van der Waals surface area contributed by atoms with Crippen LogP contribution in [0.2, 0.25) is 0 Å². The maximum atomic E-state index is 13.5. The van der Waals surface area contributed by atoms with Crippen LogP contribution < -0.4 is 10.5 Å². The predicted molar refractivity (Wildman–Crippen MR) is 170 cm³/mol. The van der Waals surface area contributed by atoms with E-state index in [0.717, 1.165) is 12.0 Å². The molecule has 0 aliphatic heterocycles. The van der Waals surface area contributed by atoms with E-state index in [0.29, 0.717) is 31.2 Å². The molecule has 0 amide bonds. The fourth-order valence-electron chi connectivity index (χ4n) is 8.82. The lowest BCUT2D eigenvalue weighted by Crippen LogP contribution is -2.61. The highest BCUT2D eigenvalue weighted by Gasteiger charge is 2.68. The molecule has 8 atom stereocenters. The third-order valence-corrected chi connectivity index (χ3v) is 11.3. The summed E-state index contributed by atoms with van der Waals surface area (Å²) in [5.41, 5.74) is 4.46. The van der Waals surface area contributed by atoms with Crippen LogP contribution in [0, 0.1) is 28.6 Å². The summed E-state index contributed by atoms with van der Waals surface area (Å²) in [6.07, 6.45) is 6.70. The minimum absolute atomic E-state index is 0.0334. The van der Waals surface area contributed by atoms with Gasteiger partial charge in [-0.25, -0.2) is 4.79 Å². The second-order valence-electron chi connectivity index (χ2n) is 14.1. The van der Waals surface area contributed by atoms with Crippen molar-refractivity contribution in [3.63, 3.8) is 0 Å². The number of esters is 1. The molecule has 0 spiro atoms.